The molecule has 39 heavy (non-hydrogen) atoms. The Kier molecular flexibility index (Phi) is 10.1. The molecule has 1 aromatic heterocycles. The average molecular weight is 540 g/mol. The van der Waals surface area contributed by atoms with E-state index in [1.54, 1.807) is 36.5 Å². The Morgan fingerprint density at radius 3 is 2.13 bits per heavy atom. The van der Waals surface area contributed by atoms with Crippen molar-refractivity contribution in [2.75, 3.05) is 6.61 Å². The fourth-order valence-corrected chi connectivity index (χ4v) is 4.08. The van der Waals surface area contributed by atoms with Crippen LogP contribution in [0.2, 0.25) is 0 Å². The standard InChI is InChI=1S/C27H33N5O7/c1-15(34)23(27(38)39)32-25(36)21(11-16-7-3-2-4-8-16)30-26(37)22(14-33)31-24(35)19(28)12-17-13-29-20-10-6-5-9-18(17)20/h2-10,13,15,19,21-23,29,33-34H,11-12,14,28H2,1H3,(H,30,37)(H,31,35)(H,32,36)(H,38,39). The summed E-state index contributed by atoms with van der Waals surface area (Å²) >= 11 is 0. The number of amides is 3. The van der Waals surface area contributed by atoms with E-state index in [0.717, 1.165) is 16.5 Å². The highest BCUT2D eigenvalue weighted by atomic mass is 16.4. The molecule has 0 saturated carbocycles. The minimum atomic E-state index is -1.61. The molecular formula is C27H33N5O7. The van der Waals surface area contributed by atoms with Crippen molar-refractivity contribution in [3.8, 4) is 0 Å². The van der Waals surface area contributed by atoms with Crippen LogP contribution in [-0.4, -0.2) is 80.9 Å². The summed E-state index contributed by atoms with van der Waals surface area (Å²) in [7, 11) is 0. The number of nitrogens with one attached hydrogen (secondary N) is 4. The topological polar surface area (TPSA) is 207 Å². The van der Waals surface area contributed by atoms with Crippen LogP contribution in [0.5, 0.6) is 0 Å². The van der Waals surface area contributed by atoms with E-state index in [9.17, 15) is 34.5 Å². The van der Waals surface area contributed by atoms with Crippen LogP contribution in [0.15, 0.2) is 60.8 Å². The quantitative estimate of drug-likeness (QED) is 0.137. The SMILES string of the molecule is CC(O)C(NC(=O)C(Cc1ccccc1)NC(=O)C(CO)NC(=O)C(N)Cc1c[nH]c2ccccc12)C(=O)O. The number of aliphatic hydroxyl groups is 2. The van der Waals surface area contributed by atoms with Crippen molar-refractivity contribution >= 4 is 34.6 Å². The molecule has 0 fully saturated rings. The molecule has 0 saturated heterocycles. The molecule has 3 rings (SSSR count). The van der Waals surface area contributed by atoms with E-state index in [2.05, 4.69) is 20.9 Å². The Labute approximate surface area is 224 Å². The van der Waals surface area contributed by atoms with Gasteiger partial charge in [-0.15, -0.1) is 0 Å². The second-order valence-corrected chi connectivity index (χ2v) is 9.23. The number of carbonyl (C=O) groups excluding carboxylic acids is 3. The number of carbonyl (C=O) groups is 4. The number of nitrogens with two attached hydrogens (primary N) is 1. The van der Waals surface area contributed by atoms with Crippen LogP contribution in [0, 0.1) is 0 Å². The van der Waals surface area contributed by atoms with Gasteiger partial charge in [-0.2, -0.15) is 0 Å². The Morgan fingerprint density at radius 1 is 0.872 bits per heavy atom. The van der Waals surface area contributed by atoms with Gasteiger partial charge in [-0.1, -0.05) is 48.5 Å². The number of aliphatic carboxylic acids is 1. The first-order chi connectivity index (χ1) is 18.6. The van der Waals surface area contributed by atoms with Gasteiger partial charge in [0.15, 0.2) is 6.04 Å². The van der Waals surface area contributed by atoms with Gasteiger partial charge in [0.05, 0.1) is 18.8 Å². The number of hydrogen-bond acceptors (Lipinski definition) is 7. The van der Waals surface area contributed by atoms with Crippen molar-refractivity contribution in [2.45, 2.75) is 50.0 Å². The number of benzene rings is 2. The van der Waals surface area contributed by atoms with Crippen molar-refractivity contribution in [2.24, 2.45) is 5.73 Å². The Morgan fingerprint density at radius 2 is 1.49 bits per heavy atom. The number of para-hydroxylation sites is 1. The molecular weight excluding hydrogens is 506 g/mol. The molecule has 1 heterocycles. The summed E-state index contributed by atoms with van der Waals surface area (Å²) in [4.78, 5) is 53.3. The number of aliphatic hydroxyl groups excluding tert-OH is 2. The smallest absolute Gasteiger partial charge is 0.328 e. The van der Waals surface area contributed by atoms with Crippen LogP contribution in [0.3, 0.4) is 0 Å². The maximum atomic E-state index is 13.0. The summed E-state index contributed by atoms with van der Waals surface area (Å²) in [6, 6.07) is 10.8. The van der Waals surface area contributed by atoms with E-state index in [4.69, 9.17) is 5.73 Å². The molecule has 5 atom stereocenters. The normalized spacial score (nSPS) is 15.0. The zero-order chi connectivity index (χ0) is 28.5. The number of aromatic amines is 1. The number of rotatable bonds is 13. The van der Waals surface area contributed by atoms with E-state index >= 15 is 0 Å². The maximum Gasteiger partial charge on any atom is 0.328 e. The van der Waals surface area contributed by atoms with Gasteiger partial charge >= 0.3 is 5.97 Å². The summed E-state index contributed by atoms with van der Waals surface area (Å²) in [6.45, 7) is 0.434. The molecule has 0 aliphatic carbocycles. The fraction of sp³-hybridized carbons (Fsp3) is 0.333. The number of aromatic nitrogens is 1. The highest BCUT2D eigenvalue weighted by Gasteiger charge is 2.32. The molecule has 0 radical (unpaired) electrons. The molecule has 0 spiro atoms. The number of H-pyrrole nitrogens is 1. The van der Waals surface area contributed by atoms with Gasteiger partial charge in [0.2, 0.25) is 17.7 Å². The van der Waals surface area contributed by atoms with E-state index < -0.39 is 60.6 Å². The zero-order valence-corrected chi connectivity index (χ0v) is 21.3. The zero-order valence-electron chi connectivity index (χ0n) is 21.3. The van der Waals surface area contributed by atoms with E-state index in [1.807, 2.05) is 24.3 Å². The average Bonchev–Trinajstić information content (AvgIpc) is 3.32. The van der Waals surface area contributed by atoms with Gasteiger partial charge in [-0.05, 0) is 30.5 Å². The summed E-state index contributed by atoms with van der Waals surface area (Å²) in [5.74, 6) is -3.86. The second-order valence-electron chi connectivity index (χ2n) is 9.23. The molecule has 0 bridgehead atoms. The third-order valence-electron chi connectivity index (χ3n) is 6.23. The predicted molar refractivity (Wildman–Crippen MR) is 142 cm³/mol. The number of fused-ring (bicyclic) bond motifs is 1. The second kappa shape index (κ2) is 13.5. The third-order valence-corrected chi connectivity index (χ3v) is 6.23. The fourth-order valence-electron chi connectivity index (χ4n) is 4.08. The molecule has 5 unspecified atom stereocenters. The summed E-state index contributed by atoms with van der Waals surface area (Å²) in [5.41, 5.74) is 8.44. The molecule has 208 valence electrons. The van der Waals surface area contributed by atoms with Crippen molar-refractivity contribution < 1.29 is 34.5 Å². The molecule has 12 heteroatoms. The first-order valence-corrected chi connectivity index (χ1v) is 12.4. The lowest BCUT2D eigenvalue weighted by Crippen LogP contribution is -2.59. The molecule has 0 aliphatic heterocycles. The van der Waals surface area contributed by atoms with Crippen LogP contribution in [0.4, 0.5) is 0 Å². The molecule has 3 aromatic rings. The first kappa shape index (κ1) is 29.3. The van der Waals surface area contributed by atoms with Gasteiger partial charge in [0, 0.05) is 23.5 Å². The van der Waals surface area contributed by atoms with Crippen molar-refractivity contribution in [1.29, 1.82) is 0 Å². The Bertz CT molecular complexity index is 1290. The van der Waals surface area contributed by atoms with Crippen LogP contribution < -0.4 is 21.7 Å². The Hall–Kier alpha value is -4.26. The minimum Gasteiger partial charge on any atom is -0.480 e. The minimum absolute atomic E-state index is 0.0171. The molecule has 12 nitrogen and oxygen atoms in total. The van der Waals surface area contributed by atoms with Crippen LogP contribution in [-0.2, 0) is 32.0 Å². The van der Waals surface area contributed by atoms with Gasteiger partial charge in [-0.25, -0.2) is 4.79 Å². The van der Waals surface area contributed by atoms with Gasteiger partial charge in [-0.3, -0.25) is 14.4 Å². The van der Waals surface area contributed by atoms with Gasteiger partial charge in [0.1, 0.15) is 12.1 Å². The third kappa shape index (κ3) is 7.87. The van der Waals surface area contributed by atoms with Crippen molar-refractivity contribution in [3.05, 3.63) is 71.9 Å². The summed E-state index contributed by atoms with van der Waals surface area (Å²) in [5, 5.41) is 36.9. The van der Waals surface area contributed by atoms with Crippen molar-refractivity contribution in [1.82, 2.24) is 20.9 Å². The number of carboxylic acid groups (broad SMARTS) is 1. The van der Waals surface area contributed by atoms with Crippen molar-refractivity contribution in [3.63, 3.8) is 0 Å². The molecule has 3 amide bonds. The highest BCUT2D eigenvalue weighted by Crippen LogP contribution is 2.18. The highest BCUT2D eigenvalue weighted by molar-refractivity contribution is 5.94. The van der Waals surface area contributed by atoms with Gasteiger partial charge in [0.25, 0.3) is 0 Å². The van der Waals surface area contributed by atoms with E-state index in [0.29, 0.717) is 5.56 Å². The summed E-state index contributed by atoms with van der Waals surface area (Å²) in [6.07, 6.45) is 0.502. The van der Waals surface area contributed by atoms with Crippen LogP contribution >= 0.6 is 0 Å². The molecule has 0 aliphatic rings. The monoisotopic (exact) mass is 539 g/mol. The molecule has 2 aromatic carbocycles. The maximum absolute atomic E-state index is 13.0. The van der Waals surface area contributed by atoms with E-state index in [1.165, 1.54) is 6.92 Å². The van der Waals surface area contributed by atoms with E-state index in [-0.39, 0.29) is 12.8 Å². The Balaban J connectivity index is 1.69. The number of hydrogen-bond donors (Lipinski definition) is 8. The lowest BCUT2D eigenvalue weighted by molar-refractivity contribution is -0.145. The first-order valence-electron chi connectivity index (χ1n) is 12.4. The largest absolute Gasteiger partial charge is 0.480 e. The lowest BCUT2D eigenvalue weighted by Gasteiger charge is -2.25. The van der Waals surface area contributed by atoms with Crippen LogP contribution in [0.25, 0.3) is 10.9 Å². The van der Waals surface area contributed by atoms with Crippen LogP contribution in [0.1, 0.15) is 18.1 Å². The molecule has 9 N–H and O–H groups in total. The summed E-state index contributed by atoms with van der Waals surface area (Å²) < 4.78 is 0. The number of carboxylic acids is 1. The van der Waals surface area contributed by atoms with Gasteiger partial charge < -0.3 is 42.0 Å². The predicted octanol–water partition coefficient (Wildman–Crippen LogP) is -0.807. The lowest BCUT2D eigenvalue weighted by atomic mass is 10.0.